The maximum absolute atomic E-state index is 11.9. The number of aliphatic hydroxyl groups is 1. The Morgan fingerprint density at radius 2 is 2.12 bits per heavy atom. The van der Waals surface area contributed by atoms with E-state index in [0.717, 1.165) is 19.3 Å². The van der Waals surface area contributed by atoms with E-state index in [0.29, 0.717) is 19.1 Å². The third-order valence-corrected chi connectivity index (χ3v) is 4.21. The second-order valence-corrected chi connectivity index (χ2v) is 5.15. The first kappa shape index (κ1) is 11.4. The van der Waals surface area contributed by atoms with E-state index in [1.807, 2.05) is 0 Å². The molecule has 0 aromatic heterocycles. The highest BCUT2D eigenvalue weighted by atomic mass is 16.7. The second kappa shape index (κ2) is 4.23. The van der Waals surface area contributed by atoms with E-state index in [1.54, 1.807) is 0 Å². The second-order valence-electron chi connectivity index (χ2n) is 5.15. The molecule has 5 nitrogen and oxygen atoms in total. The van der Waals surface area contributed by atoms with E-state index in [1.165, 1.54) is 0 Å². The van der Waals surface area contributed by atoms with Crippen molar-refractivity contribution in [1.29, 1.82) is 0 Å². The molecule has 1 spiro atoms. The van der Waals surface area contributed by atoms with Gasteiger partial charge in [-0.15, -0.1) is 0 Å². The summed E-state index contributed by atoms with van der Waals surface area (Å²) < 4.78 is 16.5. The summed E-state index contributed by atoms with van der Waals surface area (Å²) in [5.74, 6) is -0.166. The van der Waals surface area contributed by atoms with Crippen LogP contribution in [0.15, 0.2) is 0 Å². The van der Waals surface area contributed by atoms with Gasteiger partial charge in [-0.2, -0.15) is 0 Å². The number of fused-ring (bicyclic) bond motifs is 3. The van der Waals surface area contributed by atoms with Gasteiger partial charge >= 0.3 is 5.97 Å². The highest BCUT2D eigenvalue weighted by Gasteiger charge is 2.61. The number of carbonyl (C=O) groups excluding carboxylic acids is 1. The standard InChI is InChI=1S/C12H18O5/c13-1-2-15-11(14)9-5-8-6-10(9)12(7-8)16-3-4-17-12/h8-10,13H,1-7H2/t8-,9-,10-/m0/s1. The summed E-state index contributed by atoms with van der Waals surface area (Å²) in [7, 11) is 0. The van der Waals surface area contributed by atoms with Gasteiger partial charge in [0, 0.05) is 12.3 Å². The van der Waals surface area contributed by atoms with Crippen molar-refractivity contribution in [3.05, 3.63) is 0 Å². The minimum Gasteiger partial charge on any atom is -0.463 e. The van der Waals surface area contributed by atoms with Gasteiger partial charge in [-0.1, -0.05) is 0 Å². The zero-order valence-corrected chi connectivity index (χ0v) is 9.76. The van der Waals surface area contributed by atoms with Gasteiger partial charge in [-0.05, 0) is 18.8 Å². The fourth-order valence-corrected chi connectivity index (χ4v) is 3.67. The van der Waals surface area contributed by atoms with E-state index < -0.39 is 5.79 Å². The Morgan fingerprint density at radius 3 is 2.76 bits per heavy atom. The molecule has 3 aliphatic rings. The minimum atomic E-state index is -0.508. The molecule has 3 fully saturated rings. The van der Waals surface area contributed by atoms with E-state index >= 15 is 0 Å². The molecule has 0 unspecified atom stereocenters. The topological polar surface area (TPSA) is 65.0 Å². The summed E-state index contributed by atoms with van der Waals surface area (Å²) >= 11 is 0. The van der Waals surface area contributed by atoms with Crippen LogP contribution < -0.4 is 0 Å². The smallest absolute Gasteiger partial charge is 0.309 e. The van der Waals surface area contributed by atoms with Crippen molar-refractivity contribution >= 4 is 5.97 Å². The van der Waals surface area contributed by atoms with Crippen molar-refractivity contribution in [3.63, 3.8) is 0 Å². The molecule has 5 heteroatoms. The number of esters is 1. The van der Waals surface area contributed by atoms with Gasteiger partial charge in [-0.25, -0.2) is 0 Å². The zero-order chi connectivity index (χ0) is 11.9. The lowest BCUT2D eigenvalue weighted by atomic mass is 9.84. The van der Waals surface area contributed by atoms with Crippen LogP contribution in [0.3, 0.4) is 0 Å². The number of hydrogen-bond donors (Lipinski definition) is 1. The number of hydrogen-bond acceptors (Lipinski definition) is 5. The summed E-state index contributed by atoms with van der Waals surface area (Å²) in [6.07, 6.45) is 2.80. The van der Waals surface area contributed by atoms with Gasteiger partial charge in [0.05, 0.1) is 25.7 Å². The fourth-order valence-electron chi connectivity index (χ4n) is 3.67. The van der Waals surface area contributed by atoms with E-state index in [4.69, 9.17) is 19.3 Å². The normalized spacial score (nSPS) is 37.8. The van der Waals surface area contributed by atoms with Crippen LogP contribution in [-0.2, 0) is 19.0 Å². The Morgan fingerprint density at radius 1 is 1.35 bits per heavy atom. The van der Waals surface area contributed by atoms with Crippen LogP contribution in [0.25, 0.3) is 0 Å². The van der Waals surface area contributed by atoms with Crippen molar-refractivity contribution in [2.45, 2.75) is 25.0 Å². The zero-order valence-electron chi connectivity index (χ0n) is 9.76. The Hall–Kier alpha value is -0.650. The molecule has 96 valence electrons. The molecule has 17 heavy (non-hydrogen) atoms. The Kier molecular flexibility index (Phi) is 2.84. The molecule has 3 rings (SSSR count). The molecule has 2 bridgehead atoms. The Bertz CT molecular complexity index is 310. The molecule has 2 aliphatic carbocycles. The molecule has 1 saturated heterocycles. The fraction of sp³-hybridized carbons (Fsp3) is 0.917. The van der Waals surface area contributed by atoms with Crippen LogP contribution in [0.4, 0.5) is 0 Å². The van der Waals surface area contributed by atoms with Crippen molar-refractivity contribution in [2.75, 3.05) is 26.4 Å². The SMILES string of the molecule is O=C(OCCO)[C@H]1C[C@H]2C[C@@H]1C1(C2)OCCO1. The number of aliphatic hydroxyl groups excluding tert-OH is 1. The largest absolute Gasteiger partial charge is 0.463 e. The van der Waals surface area contributed by atoms with Crippen molar-refractivity contribution < 1.29 is 24.1 Å². The van der Waals surface area contributed by atoms with Crippen molar-refractivity contribution in [3.8, 4) is 0 Å². The van der Waals surface area contributed by atoms with Gasteiger partial charge < -0.3 is 19.3 Å². The average Bonchev–Trinajstić information content (AvgIpc) is 3.01. The number of carbonyl (C=O) groups is 1. The number of rotatable bonds is 3. The molecular formula is C12H18O5. The molecule has 0 amide bonds. The van der Waals surface area contributed by atoms with Gasteiger partial charge in [0.25, 0.3) is 0 Å². The van der Waals surface area contributed by atoms with E-state index in [2.05, 4.69) is 0 Å². The van der Waals surface area contributed by atoms with Gasteiger partial charge in [0.15, 0.2) is 5.79 Å². The predicted molar refractivity (Wildman–Crippen MR) is 57.0 cm³/mol. The molecule has 0 radical (unpaired) electrons. The lowest BCUT2D eigenvalue weighted by molar-refractivity contribution is -0.208. The molecule has 0 aromatic rings. The maximum Gasteiger partial charge on any atom is 0.309 e. The third-order valence-electron chi connectivity index (χ3n) is 4.21. The van der Waals surface area contributed by atoms with Crippen molar-refractivity contribution in [2.24, 2.45) is 17.8 Å². The highest BCUT2D eigenvalue weighted by molar-refractivity contribution is 5.73. The Balaban J connectivity index is 1.69. The molecule has 1 N–H and O–H groups in total. The predicted octanol–water partition coefficient (Wildman–Crippen LogP) is 0.311. The first-order valence-corrected chi connectivity index (χ1v) is 6.30. The molecule has 1 aliphatic heterocycles. The first-order valence-electron chi connectivity index (χ1n) is 6.30. The van der Waals surface area contributed by atoms with Gasteiger partial charge in [-0.3, -0.25) is 4.79 Å². The molecule has 3 atom stereocenters. The summed E-state index contributed by atoms with van der Waals surface area (Å²) in [5, 5.41) is 8.67. The monoisotopic (exact) mass is 242 g/mol. The summed E-state index contributed by atoms with van der Waals surface area (Å²) in [4.78, 5) is 11.9. The summed E-state index contributed by atoms with van der Waals surface area (Å²) in [6.45, 7) is 1.22. The lowest BCUT2D eigenvalue weighted by Gasteiger charge is -2.35. The van der Waals surface area contributed by atoms with Gasteiger partial charge in [0.1, 0.15) is 6.61 Å². The van der Waals surface area contributed by atoms with Crippen LogP contribution in [0.5, 0.6) is 0 Å². The third kappa shape index (κ3) is 1.77. The lowest BCUT2D eigenvalue weighted by Crippen LogP contribution is -2.43. The van der Waals surface area contributed by atoms with Crippen LogP contribution >= 0.6 is 0 Å². The highest BCUT2D eigenvalue weighted by Crippen LogP contribution is 2.57. The first-order chi connectivity index (χ1) is 8.25. The molecule has 1 heterocycles. The Labute approximate surface area is 100 Å². The molecule has 0 aromatic carbocycles. The minimum absolute atomic E-state index is 0.0848. The quantitative estimate of drug-likeness (QED) is 0.722. The van der Waals surface area contributed by atoms with Crippen LogP contribution in [0, 0.1) is 17.8 Å². The van der Waals surface area contributed by atoms with Crippen molar-refractivity contribution in [1.82, 2.24) is 0 Å². The average molecular weight is 242 g/mol. The van der Waals surface area contributed by atoms with Gasteiger partial charge in [0.2, 0.25) is 0 Å². The molecular weight excluding hydrogens is 224 g/mol. The number of ether oxygens (including phenoxy) is 3. The molecule has 2 saturated carbocycles. The maximum atomic E-state index is 11.9. The van der Waals surface area contributed by atoms with Crippen LogP contribution in [-0.4, -0.2) is 43.3 Å². The summed E-state index contributed by atoms with van der Waals surface area (Å²) in [5.41, 5.74) is 0. The van der Waals surface area contributed by atoms with Crippen LogP contribution in [0.2, 0.25) is 0 Å². The van der Waals surface area contributed by atoms with E-state index in [9.17, 15) is 4.79 Å². The van der Waals surface area contributed by atoms with E-state index in [-0.39, 0.29) is 31.0 Å². The van der Waals surface area contributed by atoms with Crippen LogP contribution in [0.1, 0.15) is 19.3 Å². The summed E-state index contributed by atoms with van der Waals surface area (Å²) in [6, 6.07) is 0.